The van der Waals surface area contributed by atoms with E-state index >= 15 is 0 Å². The molecule has 0 aromatic heterocycles. The number of hydrogen-bond acceptors (Lipinski definition) is 4. The Kier molecular flexibility index (Phi) is 6.37. The fraction of sp³-hybridized carbons (Fsp3) is 0.870. The van der Waals surface area contributed by atoms with Gasteiger partial charge in [-0.05, 0) is 72.7 Å². The maximum absolute atomic E-state index is 11.4. The van der Waals surface area contributed by atoms with E-state index in [1.165, 1.54) is 44.6 Å². The third-order valence-electron chi connectivity index (χ3n) is 8.20. The molecule has 1 saturated carbocycles. The van der Waals surface area contributed by atoms with E-state index in [1.807, 2.05) is 0 Å². The summed E-state index contributed by atoms with van der Waals surface area (Å²) in [6.45, 7) is 10.2. The molecule has 0 amide bonds. The molecule has 6 unspecified atom stereocenters. The van der Waals surface area contributed by atoms with Gasteiger partial charge in [0, 0.05) is 20.5 Å². The lowest BCUT2D eigenvalue weighted by Crippen LogP contribution is -2.50. The molecule has 3 rings (SSSR count). The SMILES string of the molecule is COC1CC(CCC2(C)C(C)CCC3(C)C(COC(C)=O)=CCCC32)CO1. The lowest BCUT2D eigenvalue weighted by molar-refractivity contribution is -0.141. The number of fused-ring (bicyclic) bond motifs is 1. The Hall–Kier alpha value is -0.870. The van der Waals surface area contributed by atoms with Gasteiger partial charge in [-0.3, -0.25) is 4.79 Å². The molecule has 0 N–H and O–H groups in total. The van der Waals surface area contributed by atoms with Gasteiger partial charge in [-0.2, -0.15) is 0 Å². The average molecular weight is 379 g/mol. The quantitative estimate of drug-likeness (QED) is 0.475. The molecular formula is C23H38O4. The van der Waals surface area contributed by atoms with Crippen LogP contribution in [0.2, 0.25) is 0 Å². The monoisotopic (exact) mass is 378 g/mol. The molecule has 0 spiro atoms. The second kappa shape index (κ2) is 8.24. The van der Waals surface area contributed by atoms with Crippen LogP contribution in [-0.2, 0) is 19.0 Å². The molecule has 154 valence electrons. The molecule has 4 heteroatoms. The number of allylic oxidation sites excluding steroid dienone is 1. The minimum Gasteiger partial charge on any atom is -0.461 e. The zero-order chi connectivity index (χ0) is 19.7. The number of carbonyl (C=O) groups is 1. The Balaban J connectivity index is 1.72. The highest BCUT2D eigenvalue weighted by Gasteiger charge is 2.54. The van der Waals surface area contributed by atoms with Crippen molar-refractivity contribution in [3.63, 3.8) is 0 Å². The first-order chi connectivity index (χ1) is 12.8. The molecular weight excluding hydrogens is 340 g/mol. The fourth-order valence-electron chi connectivity index (χ4n) is 6.14. The van der Waals surface area contributed by atoms with Crippen LogP contribution in [0.25, 0.3) is 0 Å². The summed E-state index contributed by atoms with van der Waals surface area (Å²) in [5, 5.41) is 0. The maximum Gasteiger partial charge on any atom is 0.302 e. The van der Waals surface area contributed by atoms with Crippen molar-refractivity contribution in [2.45, 2.75) is 78.9 Å². The van der Waals surface area contributed by atoms with E-state index in [0.29, 0.717) is 23.9 Å². The van der Waals surface area contributed by atoms with Gasteiger partial charge >= 0.3 is 5.97 Å². The Labute approximate surface area is 165 Å². The number of rotatable bonds is 6. The van der Waals surface area contributed by atoms with Crippen LogP contribution in [0.5, 0.6) is 0 Å². The summed E-state index contributed by atoms with van der Waals surface area (Å²) in [7, 11) is 1.74. The van der Waals surface area contributed by atoms with Gasteiger partial charge in [-0.1, -0.05) is 26.8 Å². The second-order valence-corrected chi connectivity index (χ2v) is 9.64. The Bertz CT molecular complexity index is 571. The number of esters is 1. The topological polar surface area (TPSA) is 44.8 Å². The summed E-state index contributed by atoms with van der Waals surface area (Å²) in [4.78, 5) is 11.4. The Morgan fingerprint density at radius 1 is 1.33 bits per heavy atom. The van der Waals surface area contributed by atoms with Crippen molar-refractivity contribution >= 4 is 5.97 Å². The largest absolute Gasteiger partial charge is 0.461 e. The molecule has 1 aliphatic heterocycles. The second-order valence-electron chi connectivity index (χ2n) is 9.64. The third-order valence-corrected chi connectivity index (χ3v) is 8.20. The van der Waals surface area contributed by atoms with Crippen LogP contribution >= 0.6 is 0 Å². The van der Waals surface area contributed by atoms with Crippen molar-refractivity contribution in [3.8, 4) is 0 Å². The minimum atomic E-state index is -0.178. The minimum absolute atomic E-state index is 0.00945. The third kappa shape index (κ3) is 4.12. The molecule has 6 atom stereocenters. The first kappa shape index (κ1) is 20.9. The first-order valence-electron chi connectivity index (χ1n) is 10.8. The lowest BCUT2D eigenvalue weighted by Gasteiger charge is -2.58. The van der Waals surface area contributed by atoms with Crippen LogP contribution in [0.1, 0.15) is 72.6 Å². The van der Waals surface area contributed by atoms with E-state index < -0.39 is 0 Å². The van der Waals surface area contributed by atoms with Crippen LogP contribution in [0.15, 0.2) is 11.6 Å². The van der Waals surface area contributed by atoms with E-state index in [0.717, 1.165) is 25.4 Å². The highest BCUT2D eigenvalue weighted by molar-refractivity contribution is 5.66. The average Bonchev–Trinajstić information content (AvgIpc) is 3.10. The molecule has 2 aliphatic carbocycles. The van der Waals surface area contributed by atoms with Gasteiger partial charge in [0.15, 0.2) is 6.29 Å². The van der Waals surface area contributed by atoms with Gasteiger partial charge in [0.2, 0.25) is 0 Å². The van der Waals surface area contributed by atoms with Crippen molar-refractivity contribution in [1.82, 2.24) is 0 Å². The molecule has 0 radical (unpaired) electrons. The van der Waals surface area contributed by atoms with Gasteiger partial charge in [0.05, 0.1) is 6.61 Å². The summed E-state index contributed by atoms with van der Waals surface area (Å²) >= 11 is 0. The van der Waals surface area contributed by atoms with Gasteiger partial charge in [-0.15, -0.1) is 0 Å². The Morgan fingerprint density at radius 3 is 2.78 bits per heavy atom. The number of hydrogen-bond donors (Lipinski definition) is 0. The Morgan fingerprint density at radius 2 is 2.11 bits per heavy atom. The van der Waals surface area contributed by atoms with Crippen LogP contribution in [0, 0.1) is 28.6 Å². The van der Waals surface area contributed by atoms with E-state index in [-0.39, 0.29) is 17.7 Å². The van der Waals surface area contributed by atoms with Gasteiger partial charge in [0.1, 0.15) is 6.61 Å². The summed E-state index contributed by atoms with van der Waals surface area (Å²) in [5.41, 5.74) is 1.85. The highest BCUT2D eigenvalue weighted by Crippen LogP contribution is 2.62. The summed E-state index contributed by atoms with van der Waals surface area (Å²) in [5.74, 6) is 1.82. The molecule has 1 heterocycles. The van der Waals surface area contributed by atoms with Crippen molar-refractivity contribution in [3.05, 3.63) is 11.6 Å². The van der Waals surface area contributed by atoms with Crippen molar-refractivity contribution in [2.24, 2.45) is 28.6 Å². The van der Waals surface area contributed by atoms with Crippen LogP contribution in [0.3, 0.4) is 0 Å². The van der Waals surface area contributed by atoms with Crippen molar-refractivity contribution in [1.29, 1.82) is 0 Å². The smallest absolute Gasteiger partial charge is 0.302 e. The normalized spacial score (nSPS) is 41.7. The van der Waals surface area contributed by atoms with E-state index in [2.05, 4.69) is 26.8 Å². The summed E-state index contributed by atoms with van der Waals surface area (Å²) < 4.78 is 16.5. The number of carbonyl (C=O) groups excluding carboxylic acids is 1. The van der Waals surface area contributed by atoms with Crippen molar-refractivity contribution < 1.29 is 19.0 Å². The maximum atomic E-state index is 11.4. The molecule has 0 aromatic rings. The molecule has 2 fully saturated rings. The van der Waals surface area contributed by atoms with Crippen molar-refractivity contribution in [2.75, 3.05) is 20.3 Å². The van der Waals surface area contributed by atoms with Gasteiger partial charge in [0.25, 0.3) is 0 Å². The van der Waals surface area contributed by atoms with Crippen LogP contribution in [-0.4, -0.2) is 32.6 Å². The standard InChI is InChI=1S/C23H38O4/c1-16-9-11-23(4)19(15-26-17(2)24)7-6-8-20(23)22(16,3)12-10-18-13-21(25-5)27-14-18/h7,16,18,20-21H,6,8-15H2,1-5H3. The zero-order valence-corrected chi connectivity index (χ0v) is 17.9. The van der Waals surface area contributed by atoms with Crippen LogP contribution in [0.4, 0.5) is 0 Å². The predicted octanol–water partition coefficient (Wildman–Crippen LogP) is 5.12. The molecule has 1 saturated heterocycles. The van der Waals surface area contributed by atoms with Gasteiger partial charge in [-0.25, -0.2) is 0 Å². The predicted molar refractivity (Wildman–Crippen MR) is 106 cm³/mol. The molecule has 4 nitrogen and oxygen atoms in total. The van der Waals surface area contributed by atoms with Crippen LogP contribution < -0.4 is 0 Å². The number of methoxy groups -OCH3 is 1. The lowest BCUT2D eigenvalue weighted by atomic mass is 9.46. The van der Waals surface area contributed by atoms with Gasteiger partial charge < -0.3 is 14.2 Å². The zero-order valence-electron chi connectivity index (χ0n) is 17.9. The fourth-order valence-corrected chi connectivity index (χ4v) is 6.14. The molecule has 3 aliphatic rings. The van der Waals surface area contributed by atoms with E-state index in [4.69, 9.17) is 14.2 Å². The van der Waals surface area contributed by atoms with E-state index in [1.54, 1.807) is 7.11 Å². The first-order valence-corrected chi connectivity index (χ1v) is 10.8. The number of ether oxygens (including phenoxy) is 3. The van der Waals surface area contributed by atoms with E-state index in [9.17, 15) is 4.79 Å². The summed E-state index contributed by atoms with van der Waals surface area (Å²) in [6.07, 6.45) is 10.7. The molecule has 27 heavy (non-hydrogen) atoms. The molecule has 0 aromatic carbocycles. The summed E-state index contributed by atoms with van der Waals surface area (Å²) in [6, 6.07) is 0. The molecule has 0 bridgehead atoms. The highest BCUT2D eigenvalue weighted by atomic mass is 16.7.